The number of hydrogen-bond donors (Lipinski definition) is 0. The van der Waals surface area contributed by atoms with Crippen LogP contribution in [0, 0.1) is 0 Å². The van der Waals surface area contributed by atoms with Crippen molar-refractivity contribution in [3.63, 3.8) is 0 Å². The SMILES string of the molecule is O=S([O-])Oc1ccc2ccccc2c1-c1c(OS(=O)(=O)C(F)(F)F)ccc2ccccc12. The molecule has 1 unspecified atom stereocenters. The largest absolute Gasteiger partial charge is 0.740 e. The molecule has 0 N–H and O–H groups in total. The Kier molecular flexibility index (Phi) is 5.57. The summed E-state index contributed by atoms with van der Waals surface area (Å²) in [6.07, 6.45) is 0. The van der Waals surface area contributed by atoms with Crippen molar-refractivity contribution in [1.82, 2.24) is 0 Å². The zero-order valence-corrected chi connectivity index (χ0v) is 17.5. The van der Waals surface area contributed by atoms with E-state index in [1.807, 2.05) is 0 Å². The number of fused-ring (bicyclic) bond motifs is 2. The molecule has 0 aliphatic rings. The summed E-state index contributed by atoms with van der Waals surface area (Å²) in [6, 6.07) is 18.6. The van der Waals surface area contributed by atoms with Crippen LogP contribution in [-0.2, 0) is 21.5 Å². The molecule has 0 radical (unpaired) electrons. The van der Waals surface area contributed by atoms with E-state index in [2.05, 4.69) is 4.18 Å². The molecule has 11 heteroatoms. The molecule has 0 saturated heterocycles. The van der Waals surface area contributed by atoms with Crippen LogP contribution < -0.4 is 8.37 Å². The van der Waals surface area contributed by atoms with E-state index in [9.17, 15) is 30.4 Å². The molecule has 0 heterocycles. The zero-order valence-electron chi connectivity index (χ0n) is 15.8. The highest BCUT2D eigenvalue weighted by molar-refractivity contribution is 7.88. The molecule has 32 heavy (non-hydrogen) atoms. The fourth-order valence-electron chi connectivity index (χ4n) is 3.40. The van der Waals surface area contributed by atoms with Crippen molar-refractivity contribution in [2.45, 2.75) is 5.51 Å². The maximum absolute atomic E-state index is 13.1. The van der Waals surface area contributed by atoms with Gasteiger partial charge in [-0.2, -0.15) is 21.6 Å². The molecule has 6 nitrogen and oxygen atoms in total. The summed E-state index contributed by atoms with van der Waals surface area (Å²) in [5.74, 6) is -0.832. The lowest BCUT2D eigenvalue weighted by atomic mass is 9.92. The topological polar surface area (TPSA) is 92.7 Å². The van der Waals surface area contributed by atoms with Crippen LogP contribution in [0.25, 0.3) is 32.7 Å². The van der Waals surface area contributed by atoms with Crippen molar-refractivity contribution in [2.24, 2.45) is 0 Å². The van der Waals surface area contributed by atoms with Gasteiger partial charge >= 0.3 is 15.6 Å². The maximum Gasteiger partial charge on any atom is 0.534 e. The quantitative estimate of drug-likeness (QED) is 0.225. The van der Waals surface area contributed by atoms with E-state index in [1.165, 1.54) is 12.1 Å². The van der Waals surface area contributed by atoms with Gasteiger partial charge in [-0.05, 0) is 33.7 Å². The van der Waals surface area contributed by atoms with E-state index < -0.39 is 32.7 Å². The average molecular weight is 481 g/mol. The van der Waals surface area contributed by atoms with Gasteiger partial charge in [-0.15, -0.1) is 0 Å². The minimum Gasteiger partial charge on any atom is -0.740 e. The molecule has 0 aliphatic carbocycles. The summed E-state index contributed by atoms with van der Waals surface area (Å²) in [4.78, 5) is 0. The zero-order chi connectivity index (χ0) is 23.1. The average Bonchev–Trinajstić information content (AvgIpc) is 2.72. The molecule has 166 valence electrons. The first-order valence-electron chi connectivity index (χ1n) is 8.91. The van der Waals surface area contributed by atoms with Gasteiger partial charge in [0.15, 0.2) is 5.75 Å². The van der Waals surface area contributed by atoms with E-state index in [1.54, 1.807) is 54.6 Å². The van der Waals surface area contributed by atoms with Gasteiger partial charge in [0.2, 0.25) is 0 Å². The van der Waals surface area contributed by atoms with Gasteiger partial charge in [-0.25, -0.2) is 4.21 Å². The molecule has 4 aromatic rings. The standard InChI is InChI=1S/C21H13F3O6S2/c22-21(23,24)32(27,28)30-18-12-10-14-6-2-4-8-16(14)20(18)19-15-7-3-1-5-13(15)9-11-17(19)29-31(25)26/h1-12H,(H,25,26)/p-1. The third-order valence-electron chi connectivity index (χ3n) is 4.67. The second-order valence-corrected chi connectivity index (χ2v) is 8.70. The van der Waals surface area contributed by atoms with Crippen LogP contribution in [0.2, 0.25) is 0 Å². The highest BCUT2D eigenvalue weighted by Crippen LogP contribution is 2.46. The van der Waals surface area contributed by atoms with Crippen molar-refractivity contribution < 1.29 is 38.7 Å². The summed E-state index contributed by atoms with van der Waals surface area (Å²) >= 11 is -3.01. The van der Waals surface area contributed by atoms with Crippen LogP contribution >= 0.6 is 0 Å². The smallest absolute Gasteiger partial charge is 0.534 e. The van der Waals surface area contributed by atoms with Gasteiger partial charge in [0.25, 0.3) is 0 Å². The molecule has 0 fully saturated rings. The Balaban J connectivity index is 2.13. The predicted octanol–water partition coefficient (Wildman–Crippen LogP) is 5.06. The lowest BCUT2D eigenvalue weighted by Crippen LogP contribution is -2.28. The van der Waals surface area contributed by atoms with Crippen LogP contribution in [0.15, 0.2) is 72.8 Å². The summed E-state index contributed by atoms with van der Waals surface area (Å²) in [5.41, 5.74) is -5.66. The Morgan fingerprint density at radius 2 is 1.22 bits per heavy atom. The number of rotatable bonds is 5. The van der Waals surface area contributed by atoms with Crippen LogP contribution in [0.5, 0.6) is 11.5 Å². The monoisotopic (exact) mass is 481 g/mol. The van der Waals surface area contributed by atoms with Crippen LogP contribution in [0.1, 0.15) is 0 Å². The molecule has 1 atom stereocenters. The van der Waals surface area contributed by atoms with Crippen molar-refractivity contribution in [3.8, 4) is 22.6 Å². The van der Waals surface area contributed by atoms with Crippen LogP contribution in [0.3, 0.4) is 0 Å². The van der Waals surface area contributed by atoms with Crippen LogP contribution in [-0.4, -0.2) is 22.7 Å². The molecule has 0 saturated carbocycles. The van der Waals surface area contributed by atoms with E-state index in [0.29, 0.717) is 21.5 Å². The maximum atomic E-state index is 13.1. The first-order valence-corrected chi connectivity index (χ1v) is 11.3. The summed E-state index contributed by atoms with van der Waals surface area (Å²) in [7, 11) is -6.00. The van der Waals surface area contributed by atoms with Gasteiger partial charge in [0.05, 0.1) is 0 Å². The van der Waals surface area contributed by atoms with Gasteiger partial charge in [-0.1, -0.05) is 60.7 Å². The van der Waals surface area contributed by atoms with Crippen molar-refractivity contribution >= 4 is 43.0 Å². The highest BCUT2D eigenvalue weighted by Gasteiger charge is 2.49. The predicted molar refractivity (Wildman–Crippen MR) is 112 cm³/mol. The van der Waals surface area contributed by atoms with Crippen molar-refractivity contribution in [2.75, 3.05) is 0 Å². The van der Waals surface area contributed by atoms with E-state index in [4.69, 9.17) is 4.18 Å². The molecule has 4 rings (SSSR count). The molecule has 0 bridgehead atoms. The second-order valence-electron chi connectivity index (χ2n) is 6.59. The third-order valence-corrected chi connectivity index (χ3v) is 5.95. The normalized spacial score (nSPS) is 13.2. The highest BCUT2D eigenvalue weighted by atomic mass is 32.2. The molecule has 0 aliphatic heterocycles. The van der Waals surface area contributed by atoms with Crippen molar-refractivity contribution in [3.05, 3.63) is 72.8 Å². The van der Waals surface area contributed by atoms with Crippen LogP contribution in [0.4, 0.5) is 13.2 Å². The van der Waals surface area contributed by atoms with Gasteiger partial charge in [0.1, 0.15) is 17.1 Å². The minimum atomic E-state index is -6.00. The Morgan fingerprint density at radius 3 is 1.72 bits per heavy atom. The molecular weight excluding hydrogens is 469 g/mol. The number of benzene rings is 4. The molecule has 0 spiro atoms. The molecular formula is C21H12F3O6S2-. The summed E-state index contributed by atoms with van der Waals surface area (Å²) in [6.45, 7) is 0. The van der Waals surface area contributed by atoms with E-state index in [0.717, 1.165) is 6.07 Å². The number of hydrogen-bond acceptors (Lipinski definition) is 6. The lowest BCUT2D eigenvalue weighted by Gasteiger charge is -2.19. The third kappa shape index (κ3) is 4.01. The first-order chi connectivity index (χ1) is 15.1. The lowest BCUT2D eigenvalue weighted by molar-refractivity contribution is -0.0499. The fourth-order valence-corrected chi connectivity index (χ4v) is 4.15. The summed E-state index contributed by atoms with van der Waals surface area (Å²) < 4.78 is 94.7. The Hall–Kier alpha value is -3.15. The molecule has 4 aromatic carbocycles. The second kappa shape index (κ2) is 8.08. The number of halogens is 3. The first kappa shape index (κ1) is 22.1. The molecule has 0 aromatic heterocycles. The minimum absolute atomic E-state index is 0.0619. The number of alkyl halides is 3. The van der Waals surface area contributed by atoms with Crippen molar-refractivity contribution in [1.29, 1.82) is 0 Å². The summed E-state index contributed by atoms with van der Waals surface area (Å²) in [5, 5.41) is 1.92. The Labute approximate surface area is 182 Å². The Bertz CT molecular complexity index is 1470. The molecule has 0 amide bonds. The van der Waals surface area contributed by atoms with Gasteiger partial charge in [0, 0.05) is 11.1 Å². The van der Waals surface area contributed by atoms with E-state index in [-0.39, 0.29) is 16.9 Å². The van der Waals surface area contributed by atoms with E-state index >= 15 is 0 Å². The van der Waals surface area contributed by atoms with Gasteiger partial charge < -0.3 is 12.9 Å². The Morgan fingerprint density at radius 1 is 0.750 bits per heavy atom. The fraction of sp³-hybridized carbons (Fsp3) is 0.0476. The van der Waals surface area contributed by atoms with Gasteiger partial charge in [-0.3, -0.25) is 0 Å².